The first-order valence-electron chi connectivity index (χ1n) is 7.80. The summed E-state index contributed by atoms with van der Waals surface area (Å²) in [4.78, 5) is 0. The van der Waals surface area contributed by atoms with Crippen LogP contribution >= 0.6 is 11.6 Å². The monoisotopic (exact) mass is 295 g/mol. The summed E-state index contributed by atoms with van der Waals surface area (Å²) >= 11 is 6.32. The lowest BCUT2D eigenvalue weighted by Gasteiger charge is -2.22. The van der Waals surface area contributed by atoms with E-state index >= 15 is 0 Å². The molecule has 1 fully saturated rings. The maximum Gasteiger partial charge on any atom is 0.0963 e. The number of benzene rings is 1. The Morgan fingerprint density at radius 3 is 2.75 bits per heavy atom. The van der Waals surface area contributed by atoms with Crippen LogP contribution in [0.1, 0.15) is 51.2 Å². The second kappa shape index (κ2) is 8.02. The van der Waals surface area contributed by atoms with Gasteiger partial charge in [0.15, 0.2) is 0 Å². The van der Waals surface area contributed by atoms with Gasteiger partial charge < -0.3 is 10.1 Å². The highest BCUT2D eigenvalue weighted by Gasteiger charge is 2.23. The quantitative estimate of drug-likeness (QED) is 0.719. The Hall–Kier alpha value is -0.570. The molecule has 3 heteroatoms. The van der Waals surface area contributed by atoms with Crippen LogP contribution < -0.4 is 5.32 Å². The van der Waals surface area contributed by atoms with Crippen LogP contribution in [0, 0.1) is 5.92 Å². The number of hydrogen-bond donors (Lipinski definition) is 1. The van der Waals surface area contributed by atoms with Gasteiger partial charge >= 0.3 is 0 Å². The van der Waals surface area contributed by atoms with E-state index in [1.807, 2.05) is 18.2 Å². The van der Waals surface area contributed by atoms with Gasteiger partial charge in [-0.1, -0.05) is 50.1 Å². The van der Waals surface area contributed by atoms with Gasteiger partial charge in [0, 0.05) is 23.2 Å². The summed E-state index contributed by atoms with van der Waals surface area (Å²) < 4.78 is 6.15. The van der Waals surface area contributed by atoms with Gasteiger partial charge in [-0.25, -0.2) is 0 Å². The third-order valence-electron chi connectivity index (χ3n) is 3.78. The molecule has 1 saturated carbocycles. The first-order chi connectivity index (χ1) is 9.70. The van der Waals surface area contributed by atoms with Crippen molar-refractivity contribution in [1.82, 2.24) is 5.32 Å². The van der Waals surface area contributed by atoms with Crippen LogP contribution in [0.25, 0.3) is 0 Å². The number of rotatable bonds is 9. The van der Waals surface area contributed by atoms with Crippen molar-refractivity contribution in [2.75, 3.05) is 13.2 Å². The van der Waals surface area contributed by atoms with Crippen LogP contribution in [0.3, 0.4) is 0 Å². The topological polar surface area (TPSA) is 21.3 Å². The van der Waals surface area contributed by atoms with Crippen LogP contribution in [0.4, 0.5) is 0 Å². The van der Waals surface area contributed by atoms with E-state index in [1.165, 1.54) is 25.7 Å². The molecule has 1 aromatic rings. The van der Waals surface area contributed by atoms with Crippen molar-refractivity contribution < 1.29 is 4.74 Å². The Balaban J connectivity index is 1.94. The number of ether oxygens (including phenoxy) is 1. The molecular formula is C17H26ClNO. The molecule has 0 radical (unpaired) electrons. The molecule has 1 aliphatic rings. The Morgan fingerprint density at radius 2 is 2.10 bits per heavy atom. The van der Waals surface area contributed by atoms with Crippen LogP contribution in [-0.2, 0) is 4.74 Å². The lowest BCUT2D eigenvalue weighted by atomic mass is 10.1. The first kappa shape index (κ1) is 15.8. The van der Waals surface area contributed by atoms with E-state index in [4.69, 9.17) is 16.3 Å². The highest BCUT2D eigenvalue weighted by molar-refractivity contribution is 6.31. The van der Waals surface area contributed by atoms with Crippen molar-refractivity contribution in [3.63, 3.8) is 0 Å². The van der Waals surface area contributed by atoms with E-state index in [2.05, 4.69) is 25.2 Å². The van der Waals surface area contributed by atoms with Gasteiger partial charge in [0.05, 0.1) is 12.7 Å². The molecule has 1 aliphatic carbocycles. The molecule has 2 unspecified atom stereocenters. The lowest BCUT2D eigenvalue weighted by Crippen LogP contribution is -2.26. The minimum absolute atomic E-state index is 0.0589. The van der Waals surface area contributed by atoms with E-state index in [9.17, 15) is 0 Å². The average Bonchev–Trinajstić information content (AvgIpc) is 3.24. The Morgan fingerprint density at radius 1 is 1.35 bits per heavy atom. The van der Waals surface area contributed by atoms with Crippen molar-refractivity contribution in [1.29, 1.82) is 0 Å². The highest BCUT2D eigenvalue weighted by Crippen LogP contribution is 2.27. The van der Waals surface area contributed by atoms with Gasteiger partial charge in [-0.15, -0.1) is 0 Å². The van der Waals surface area contributed by atoms with Crippen molar-refractivity contribution in [2.45, 2.75) is 51.7 Å². The predicted molar refractivity (Wildman–Crippen MR) is 85.2 cm³/mol. The predicted octanol–water partition coefficient (Wildman–Crippen LogP) is 4.59. The number of halogens is 1. The van der Waals surface area contributed by atoms with Crippen molar-refractivity contribution >= 4 is 11.6 Å². The molecule has 0 spiro atoms. The molecule has 0 saturated heterocycles. The molecule has 2 rings (SSSR count). The molecule has 1 N–H and O–H groups in total. The van der Waals surface area contributed by atoms with Gasteiger partial charge in [-0.3, -0.25) is 0 Å². The van der Waals surface area contributed by atoms with E-state index in [-0.39, 0.29) is 6.10 Å². The average molecular weight is 296 g/mol. The van der Waals surface area contributed by atoms with Crippen LogP contribution in [0.5, 0.6) is 0 Å². The molecular weight excluding hydrogens is 270 g/mol. The molecule has 2 nitrogen and oxygen atoms in total. The highest BCUT2D eigenvalue weighted by atomic mass is 35.5. The largest absolute Gasteiger partial charge is 0.372 e. The second-order valence-corrected chi connectivity index (χ2v) is 6.33. The molecule has 1 aromatic carbocycles. The van der Waals surface area contributed by atoms with Crippen molar-refractivity contribution in [3.8, 4) is 0 Å². The van der Waals surface area contributed by atoms with Gasteiger partial charge in [-0.05, 0) is 31.2 Å². The van der Waals surface area contributed by atoms with Crippen molar-refractivity contribution in [3.05, 3.63) is 34.9 Å². The minimum atomic E-state index is 0.0589. The van der Waals surface area contributed by atoms with E-state index in [1.54, 1.807) is 0 Å². The fraction of sp³-hybridized carbons (Fsp3) is 0.647. The zero-order valence-corrected chi connectivity index (χ0v) is 13.3. The smallest absolute Gasteiger partial charge is 0.0963 e. The summed E-state index contributed by atoms with van der Waals surface area (Å²) in [6.45, 7) is 6.13. The molecule has 20 heavy (non-hydrogen) atoms. The molecule has 0 amide bonds. The zero-order chi connectivity index (χ0) is 14.4. The molecule has 2 atom stereocenters. The van der Waals surface area contributed by atoms with Crippen molar-refractivity contribution in [2.24, 2.45) is 5.92 Å². The van der Waals surface area contributed by atoms with Crippen LogP contribution in [0.2, 0.25) is 5.02 Å². The van der Waals surface area contributed by atoms with Gasteiger partial charge in [0.1, 0.15) is 0 Å². The molecule has 0 aromatic heterocycles. The maximum absolute atomic E-state index is 6.32. The standard InChI is InChI=1S/C17H26ClNO/c1-3-6-13(2)12-20-17(11-19-14-9-10-14)15-7-4-5-8-16(15)18/h4-5,7-8,13-14,17,19H,3,6,9-12H2,1-2H3. The first-order valence-corrected chi connectivity index (χ1v) is 8.18. The van der Waals surface area contributed by atoms with Crippen LogP contribution in [0.15, 0.2) is 24.3 Å². The molecule has 0 aliphatic heterocycles. The maximum atomic E-state index is 6.32. The summed E-state index contributed by atoms with van der Waals surface area (Å²) in [5, 5.41) is 4.36. The van der Waals surface area contributed by atoms with E-state index in [0.29, 0.717) is 12.0 Å². The fourth-order valence-corrected chi connectivity index (χ4v) is 2.67. The van der Waals surface area contributed by atoms with Gasteiger partial charge in [0.25, 0.3) is 0 Å². The molecule has 0 bridgehead atoms. The normalized spacial score (nSPS) is 17.9. The zero-order valence-electron chi connectivity index (χ0n) is 12.6. The Labute approximate surface area is 127 Å². The van der Waals surface area contributed by atoms with Gasteiger partial charge in [0.2, 0.25) is 0 Å². The van der Waals surface area contributed by atoms with E-state index in [0.717, 1.165) is 23.7 Å². The summed E-state index contributed by atoms with van der Waals surface area (Å²) in [5.41, 5.74) is 1.10. The number of hydrogen-bond acceptors (Lipinski definition) is 2. The minimum Gasteiger partial charge on any atom is -0.372 e. The second-order valence-electron chi connectivity index (χ2n) is 5.92. The third kappa shape index (κ3) is 5.08. The molecule has 0 heterocycles. The summed E-state index contributed by atoms with van der Waals surface area (Å²) in [5.74, 6) is 0.603. The van der Waals surface area contributed by atoms with Crippen LogP contribution in [-0.4, -0.2) is 19.2 Å². The Kier molecular flexibility index (Phi) is 6.34. The summed E-state index contributed by atoms with van der Waals surface area (Å²) in [7, 11) is 0. The Bertz CT molecular complexity index is 406. The van der Waals surface area contributed by atoms with Gasteiger partial charge in [-0.2, -0.15) is 0 Å². The SMILES string of the molecule is CCCC(C)COC(CNC1CC1)c1ccccc1Cl. The third-order valence-corrected chi connectivity index (χ3v) is 4.13. The summed E-state index contributed by atoms with van der Waals surface area (Å²) in [6, 6.07) is 8.71. The molecule has 112 valence electrons. The summed E-state index contributed by atoms with van der Waals surface area (Å²) in [6.07, 6.45) is 5.07. The number of nitrogens with one attached hydrogen (secondary N) is 1. The fourth-order valence-electron chi connectivity index (χ4n) is 2.41. The lowest BCUT2D eigenvalue weighted by molar-refractivity contribution is 0.0298. The van der Waals surface area contributed by atoms with E-state index < -0.39 is 0 Å².